The average Bonchev–Trinajstić information content (AvgIpc) is 2.95. The number of amidine groups is 1. The molecule has 1 amide bonds. The van der Waals surface area contributed by atoms with E-state index in [1.165, 1.54) is 12.1 Å². The van der Waals surface area contributed by atoms with Gasteiger partial charge >= 0.3 is 0 Å². The normalized spacial score (nSPS) is 20.2. The molecule has 1 aromatic carbocycles. The first-order valence-corrected chi connectivity index (χ1v) is 8.26. The highest BCUT2D eigenvalue weighted by atomic mass is 127. The van der Waals surface area contributed by atoms with Crippen molar-refractivity contribution < 1.29 is 13.9 Å². The van der Waals surface area contributed by atoms with Gasteiger partial charge in [-0.3, -0.25) is 9.89 Å². The van der Waals surface area contributed by atoms with E-state index >= 15 is 0 Å². The van der Waals surface area contributed by atoms with Crippen molar-refractivity contribution in [3.05, 3.63) is 45.0 Å². The predicted molar refractivity (Wildman–Crippen MR) is 95.2 cm³/mol. The summed E-state index contributed by atoms with van der Waals surface area (Å²) in [6, 6.07) is 4.39. The standard InChI is InChI=1S/C15H15FIN5O2/c1-15(4-5-24-14(18)21-15)9-6-8(2-3-10(9)16)20-13(23)12-11(17)7-19-22-12/h2-3,6-7H,4-5H2,1H3,(H2,18,21)(H,19,22)(H,20,23)/t15-/m0/s1. The number of amides is 1. The molecule has 2 heterocycles. The fourth-order valence-electron chi connectivity index (χ4n) is 2.52. The van der Waals surface area contributed by atoms with E-state index in [1.807, 2.05) is 22.6 Å². The maximum atomic E-state index is 14.3. The van der Waals surface area contributed by atoms with E-state index in [1.54, 1.807) is 19.2 Å². The zero-order chi connectivity index (χ0) is 17.3. The molecule has 24 heavy (non-hydrogen) atoms. The molecule has 0 saturated carbocycles. The van der Waals surface area contributed by atoms with Crippen molar-refractivity contribution >= 4 is 40.2 Å². The fraction of sp³-hybridized carbons (Fsp3) is 0.267. The molecule has 126 valence electrons. The molecule has 0 unspecified atom stereocenters. The molecule has 7 nitrogen and oxygen atoms in total. The van der Waals surface area contributed by atoms with Gasteiger partial charge in [-0.1, -0.05) is 0 Å². The lowest BCUT2D eigenvalue weighted by Crippen LogP contribution is -2.34. The van der Waals surface area contributed by atoms with Crippen LogP contribution >= 0.6 is 22.6 Å². The third kappa shape index (κ3) is 3.21. The number of rotatable bonds is 3. The number of anilines is 1. The Kier molecular flexibility index (Phi) is 4.43. The van der Waals surface area contributed by atoms with Crippen LogP contribution in [0.3, 0.4) is 0 Å². The number of aromatic nitrogens is 2. The van der Waals surface area contributed by atoms with Gasteiger partial charge in [-0.25, -0.2) is 9.38 Å². The summed E-state index contributed by atoms with van der Waals surface area (Å²) in [5.74, 6) is -0.790. The van der Waals surface area contributed by atoms with Crippen LogP contribution in [-0.2, 0) is 10.3 Å². The number of aliphatic imine (C=N–C) groups is 1. The molecule has 1 aromatic heterocycles. The molecule has 2 aromatic rings. The minimum absolute atomic E-state index is 0.0312. The van der Waals surface area contributed by atoms with Crippen LogP contribution in [0.15, 0.2) is 29.4 Å². The zero-order valence-electron chi connectivity index (χ0n) is 12.8. The molecule has 1 aliphatic heterocycles. The van der Waals surface area contributed by atoms with Crippen molar-refractivity contribution in [2.24, 2.45) is 10.7 Å². The Morgan fingerprint density at radius 1 is 1.54 bits per heavy atom. The van der Waals surface area contributed by atoms with Crippen molar-refractivity contribution in [2.45, 2.75) is 18.9 Å². The smallest absolute Gasteiger partial charge is 0.282 e. The first kappa shape index (κ1) is 16.7. The molecule has 3 rings (SSSR count). The Bertz CT molecular complexity index is 822. The number of hydrogen-bond donors (Lipinski definition) is 3. The first-order valence-electron chi connectivity index (χ1n) is 7.18. The van der Waals surface area contributed by atoms with E-state index in [4.69, 9.17) is 10.5 Å². The van der Waals surface area contributed by atoms with Crippen molar-refractivity contribution in [3.63, 3.8) is 0 Å². The topological polar surface area (TPSA) is 105 Å². The van der Waals surface area contributed by atoms with Crippen LogP contribution in [0.5, 0.6) is 0 Å². The third-order valence-electron chi connectivity index (χ3n) is 3.81. The second kappa shape index (κ2) is 6.38. The molecule has 0 bridgehead atoms. The van der Waals surface area contributed by atoms with Gasteiger partial charge in [0.25, 0.3) is 11.9 Å². The van der Waals surface area contributed by atoms with Crippen LogP contribution in [0.1, 0.15) is 29.4 Å². The lowest BCUT2D eigenvalue weighted by atomic mass is 9.88. The number of benzene rings is 1. The van der Waals surface area contributed by atoms with E-state index in [9.17, 15) is 9.18 Å². The van der Waals surface area contributed by atoms with Crippen molar-refractivity contribution in [1.29, 1.82) is 0 Å². The summed E-state index contributed by atoms with van der Waals surface area (Å²) in [5.41, 5.74) is 5.87. The van der Waals surface area contributed by atoms with Gasteiger partial charge in [-0.2, -0.15) is 5.10 Å². The van der Waals surface area contributed by atoms with E-state index in [0.29, 0.717) is 27.8 Å². The number of nitrogens with two attached hydrogens (primary N) is 1. The molecule has 4 N–H and O–H groups in total. The van der Waals surface area contributed by atoms with Crippen LogP contribution in [0.4, 0.5) is 10.1 Å². The van der Waals surface area contributed by atoms with Crippen LogP contribution in [0, 0.1) is 9.39 Å². The van der Waals surface area contributed by atoms with Gasteiger partial charge < -0.3 is 15.8 Å². The Morgan fingerprint density at radius 2 is 2.33 bits per heavy atom. The third-order valence-corrected chi connectivity index (χ3v) is 4.63. The SMILES string of the molecule is C[C@@]1(c2cc(NC(=O)c3n[nH]cc3I)ccc2F)CCOC(N)=N1. The number of carbonyl (C=O) groups excluding carboxylic acids is 1. The highest BCUT2D eigenvalue weighted by Gasteiger charge is 2.33. The van der Waals surface area contributed by atoms with Crippen LogP contribution < -0.4 is 11.1 Å². The van der Waals surface area contributed by atoms with Crippen LogP contribution in [-0.4, -0.2) is 28.7 Å². The molecular formula is C15H15FIN5O2. The van der Waals surface area contributed by atoms with Gasteiger partial charge in [0.15, 0.2) is 5.69 Å². The van der Waals surface area contributed by atoms with Crippen molar-refractivity contribution in [2.75, 3.05) is 11.9 Å². The first-order chi connectivity index (χ1) is 11.4. The van der Waals surface area contributed by atoms with E-state index in [2.05, 4.69) is 20.5 Å². The second-order valence-corrected chi connectivity index (χ2v) is 6.72. The van der Waals surface area contributed by atoms with Gasteiger partial charge in [0.1, 0.15) is 5.82 Å². The molecule has 0 fully saturated rings. The fourth-order valence-corrected chi connectivity index (χ4v) is 3.03. The van der Waals surface area contributed by atoms with Crippen molar-refractivity contribution in [3.8, 4) is 0 Å². The number of hydrogen-bond acceptors (Lipinski definition) is 5. The monoisotopic (exact) mass is 443 g/mol. The molecular weight excluding hydrogens is 428 g/mol. The maximum absolute atomic E-state index is 14.3. The summed E-state index contributed by atoms with van der Waals surface area (Å²) < 4.78 is 20.1. The molecule has 0 aliphatic carbocycles. The summed E-state index contributed by atoms with van der Waals surface area (Å²) in [6.45, 7) is 2.14. The molecule has 0 spiro atoms. The molecule has 0 radical (unpaired) electrons. The van der Waals surface area contributed by atoms with Gasteiger partial charge in [-0.15, -0.1) is 0 Å². The Balaban J connectivity index is 1.91. The number of H-pyrrole nitrogens is 1. The summed E-state index contributed by atoms with van der Waals surface area (Å²) in [4.78, 5) is 16.5. The molecule has 0 saturated heterocycles. The largest absolute Gasteiger partial charge is 0.465 e. The summed E-state index contributed by atoms with van der Waals surface area (Å²) in [7, 11) is 0. The number of carbonyl (C=O) groups is 1. The lowest BCUT2D eigenvalue weighted by molar-refractivity contribution is 0.102. The second-order valence-electron chi connectivity index (χ2n) is 5.55. The van der Waals surface area contributed by atoms with Gasteiger partial charge in [0.05, 0.1) is 15.7 Å². The van der Waals surface area contributed by atoms with Crippen LogP contribution in [0.25, 0.3) is 0 Å². The number of nitrogens with one attached hydrogen (secondary N) is 2. The van der Waals surface area contributed by atoms with E-state index in [-0.39, 0.29) is 17.6 Å². The maximum Gasteiger partial charge on any atom is 0.282 e. The van der Waals surface area contributed by atoms with Crippen molar-refractivity contribution in [1.82, 2.24) is 10.2 Å². The highest BCUT2D eigenvalue weighted by molar-refractivity contribution is 14.1. The van der Waals surface area contributed by atoms with Crippen LogP contribution in [0.2, 0.25) is 0 Å². The number of ether oxygens (including phenoxy) is 1. The predicted octanol–water partition coefficient (Wildman–Crippen LogP) is 2.36. The number of aromatic amines is 1. The molecule has 9 heteroatoms. The Hall–Kier alpha value is -2.17. The minimum atomic E-state index is -0.839. The summed E-state index contributed by atoms with van der Waals surface area (Å²) >= 11 is 2.01. The van der Waals surface area contributed by atoms with E-state index in [0.717, 1.165) is 0 Å². The van der Waals surface area contributed by atoms with E-state index < -0.39 is 11.4 Å². The number of nitrogens with zero attached hydrogens (tertiary/aromatic N) is 2. The number of halogens is 2. The minimum Gasteiger partial charge on any atom is -0.465 e. The molecule has 1 atom stereocenters. The Morgan fingerprint density at radius 3 is 3.00 bits per heavy atom. The average molecular weight is 443 g/mol. The lowest BCUT2D eigenvalue weighted by Gasteiger charge is -2.30. The quantitative estimate of drug-likeness (QED) is 0.634. The Labute approximate surface area is 151 Å². The highest BCUT2D eigenvalue weighted by Crippen LogP contribution is 2.35. The molecule has 1 aliphatic rings. The van der Waals surface area contributed by atoms with Gasteiger partial charge in [0, 0.05) is 23.9 Å². The van der Waals surface area contributed by atoms with Gasteiger partial charge in [0.2, 0.25) is 0 Å². The summed E-state index contributed by atoms with van der Waals surface area (Å²) in [5, 5.41) is 9.23. The van der Waals surface area contributed by atoms with Gasteiger partial charge in [-0.05, 0) is 47.7 Å². The zero-order valence-corrected chi connectivity index (χ0v) is 14.9. The summed E-state index contributed by atoms with van der Waals surface area (Å²) in [6.07, 6.45) is 2.10.